The number of hydrogen-bond donors (Lipinski definition) is 0. The third-order valence-electron chi connectivity index (χ3n) is 7.52. The Kier molecular flexibility index (Phi) is 4.55. The van der Waals surface area contributed by atoms with E-state index in [-0.39, 0.29) is 11.3 Å². The molecule has 1 spiro atoms. The van der Waals surface area contributed by atoms with Crippen LogP contribution in [0, 0.1) is 0 Å². The Morgan fingerprint density at radius 2 is 1.66 bits per heavy atom. The summed E-state index contributed by atoms with van der Waals surface area (Å²) in [7, 11) is 0. The molecule has 4 aromatic rings. The number of carbonyl (C=O) groups excluding carboxylic acids is 1. The van der Waals surface area contributed by atoms with Gasteiger partial charge in [-0.1, -0.05) is 67.6 Å². The molecule has 0 bridgehead atoms. The van der Waals surface area contributed by atoms with Gasteiger partial charge in [0.15, 0.2) is 0 Å². The van der Waals surface area contributed by atoms with Crippen LogP contribution in [0.4, 0.5) is 0 Å². The van der Waals surface area contributed by atoms with Gasteiger partial charge in [-0.2, -0.15) is 0 Å². The molecule has 32 heavy (non-hydrogen) atoms. The van der Waals surface area contributed by atoms with Crippen LogP contribution in [0.5, 0.6) is 0 Å². The molecule has 0 radical (unpaired) electrons. The Hall–Kier alpha value is -3.17. The van der Waals surface area contributed by atoms with Crippen LogP contribution in [-0.4, -0.2) is 28.5 Å². The molecular formula is C29H28N2O. The fourth-order valence-corrected chi connectivity index (χ4v) is 5.78. The van der Waals surface area contributed by atoms with Gasteiger partial charge in [0.05, 0.1) is 11.0 Å². The molecule has 3 aromatic carbocycles. The monoisotopic (exact) mass is 420 g/mol. The summed E-state index contributed by atoms with van der Waals surface area (Å²) in [6.45, 7) is 5.09. The minimum atomic E-state index is 0.148. The third kappa shape index (κ3) is 2.96. The van der Waals surface area contributed by atoms with E-state index < -0.39 is 0 Å². The van der Waals surface area contributed by atoms with Crippen molar-refractivity contribution in [3.8, 4) is 0 Å². The van der Waals surface area contributed by atoms with E-state index in [1.54, 1.807) is 0 Å². The highest BCUT2D eigenvalue weighted by Gasteiger charge is 2.37. The van der Waals surface area contributed by atoms with Gasteiger partial charge in [0, 0.05) is 29.2 Å². The lowest BCUT2D eigenvalue weighted by Gasteiger charge is -2.39. The molecule has 1 fully saturated rings. The van der Waals surface area contributed by atoms with E-state index >= 15 is 0 Å². The van der Waals surface area contributed by atoms with Gasteiger partial charge >= 0.3 is 0 Å². The molecule has 3 heteroatoms. The number of nitrogens with zero attached hydrogens (tertiary/aromatic N) is 2. The molecule has 160 valence electrons. The summed E-state index contributed by atoms with van der Waals surface area (Å²) in [5, 5.41) is 2.34. The minimum Gasteiger partial charge on any atom is -0.299 e. The van der Waals surface area contributed by atoms with Crippen molar-refractivity contribution in [1.82, 2.24) is 9.47 Å². The summed E-state index contributed by atoms with van der Waals surface area (Å²) in [5.41, 5.74) is 6.48. The van der Waals surface area contributed by atoms with Gasteiger partial charge in [0.2, 0.25) is 5.91 Å². The Morgan fingerprint density at radius 1 is 0.906 bits per heavy atom. The fraction of sp³-hybridized carbons (Fsp3) is 0.276. The average Bonchev–Trinajstić information content (AvgIpc) is 3.36. The zero-order valence-electron chi connectivity index (χ0n) is 18.6. The molecule has 2 aliphatic rings. The number of piperidine rings is 1. The Bertz CT molecular complexity index is 1370. The second-order valence-electron chi connectivity index (χ2n) is 9.30. The van der Waals surface area contributed by atoms with Crippen molar-refractivity contribution in [2.24, 2.45) is 0 Å². The van der Waals surface area contributed by atoms with Crippen molar-refractivity contribution in [1.29, 1.82) is 0 Å². The normalized spacial score (nSPS) is 17.4. The maximum atomic E-state index is 12.7. The molecule has 2 heterocycles. The topological polar surface area (TPSA) is 25.2 Å². The van der Waals surface area contributed by atoms with Crippen LogP contribution >= 0.6 is 0 Å². The number of hydrogen-bond acceptors (Lipinski definition) is 2. The van der Waals surface area contributed by atoms with Crippen molar-refractivity contribution in [3.05, 3.63) is 89.5 Å². The predicted octanol–water partition coefficient (Wildman–Crippen LogP) is 6.41. The quantitative estimate of drug-likeness (QED) is 0.383. The summed E-state index contributed by atoms with van der Waals surface area (Å²) in [6, 6.07) is 23.8. The molecule has 0 saturated carbocycles. The van der Waals surface area contributed by atoms with E-state index in [9.17, 15) is 4.79 Å². The van der Waals surface area contributed by atoms with E-state index in [4.69, 9.17) is 0 Å². The van der Waals surface area contributed by atoms with Crippen LogP contribution in [0.15, 0.2) is 72.8 Å². The summed E-state index contributed by atoms with van der Waals surface area (Å²) in [4.78, 5) is 15.2. The van der Waals surface area contributed by atoms with Crippen LogP contribution in [0.3, 0.4) is 0 Å². The number of fused-ring (bicyclic) bond motifs is 5. The van der Waals surface area contributed by atoms with Gasteiger partial charge in [0.25, 0.3) is 0 Å². The van der Waals surface area contributed by atoms with Crippen molar-refractivity contribution in [3.63, 3.8) is 0 Å². The number of allylic oxidation sites excluding steroid dienone is 1. The predicted molar refractivity (Wildman–Crippen MR) is 132 cm³/mol. The summed E-state index contributed by atoms with van der Waals surface area (Å²) >= 11 is 0. The van der Waals surface area contributed by atoms with Crippen molar-refractivity contribution in [2.45, 2.75) is 38.1 Å². The SMILES string of the molecule is CCC(=O)n1c2ccccc2c2cc(CN3CCC4(C=Cc5ccccc54)CC3)ccc21. The highest BCUT2D eigenvalue weighted by molar-refractivity contribution is 6.13. The van der Waals surface area contributed by atoms with Gasteiger partial charge in [-0.25, -0.2) is 0 Å². The molecule has 1 aliphatic carbocycles. The minimum absolute atomic E-state index is 0.148. The average molecular weight is 421 g/mol. The van der Waals surface area contributed by atoms with E-state index in [0.717, 1.165) is 36.1 Å². The summed E-state index contributed by atoms with van der Waals surface area (Å²) < 4.78 is 1.89. The van der Waals surface area contributed by atoms with Gasteiger partial charge in [-0.3, -0.25) is 14.3 Å². The maximum absolute atomic E-state index is 12.7. The second-order valence-corrected chi connectivity index (χ2v) is 9.30. The van der Waals surface area contributed by atoms with Crippen molar-refractivity contribution < 1.29 is 4.79 Å². The number of benzene rings is 3. The smallest absolute Gasteiger partial charge is 0.231 e. The fourth-order valence-electron chi connectivity index (χ4n) is 5.78. The van der Waals surface area contributed by atoms with Crippen molar-refractivity contribution >= 4 is 33.8 Å². The zero-order chi connectivity index (χ0) is 21.7. The molecule has 0 N–H and O–H groups in total. The van der Waals surface area contributed by atoms with Crippen LogP contribution in [0.25, 0.3) is 27.9 Å². The van der Waals surface area contributed by atoms with Crippen LogP contribution in [0.2, 0.25) is 0 Å². The number of aromatic nitrogens is 1. The maximum Gasteiger partial charge on any atom is 0.231 e. The second kappa shape index (κ2) is 7.46. The van der Waals surface area contributed by atoms with E-state index in [2.05, 4.69) is 77.7 Å². The van der Waals surface area contributed by atoms with Gasteiger partial charge in [0.1, 0.15) is 0 Å². The van der Waals surface area contributed by atoms with Crippen LogP contribution < -0.4 is 0 Å². The first-order valence-electron chi connectivity index (χ1n) is 11.7. The molecule has 1 saturated heterocycles. The Morgan fingerprint density at radius 3 is 2.50 bits per heavy atom. The van der Waals surface area contributed by atoms with Gasteiger partial charge in [-0.05, 0) is 60.8 Å². The number of likely N-dealkylation sites (tertiary alicyclic amines) is 1. The van der Waals surface area contributed by atoms with Crippen LogP contribution in [0.1, 0.15) is 47.7 Å². The highest BCUT2D eigenvalue weighted by atomic mass is 16.2. The first-order valence-corrected chi connectivity index (χ1v) is 11.7. The number of rotatable bonds is 3. The van der Waals surface area contributed by atoms with Gasteiger partial charge < -0.3 is 0 Å². The number of carbonyl (C=O) groups is 1. The van der Waals surface area contributed by atoms with Gasteiger partial charge in [-0.15, -0.1) is 0 Å². The first-order chi connectivity index (χ1) is 15.7. The van der Waals surface area contributed by atoms with E-state index in [1.165, 1.54) is 34.9 Å². The highest BCUT2D eigenvalue weighted by Crippen LogP contribution is 2.43. The molecule has 1 aromatic heterocycles. The summed E-state index contributed by atoms with van der Waals surface area (Å²) in [5.74, 6) is 0.148. The zero-order valence-corrected chi connectivity index (χ0v) is 18.6. The molecular weight excluding hydrogens is 392 g/mol. The molecule has 3 nitrogen and oxygen atoms in total. The standard InChI is InChI=1S/C29H28N2O/c1-2-28(32)31-26-10-6-4-8-23(26)24-19-21(11-12-27(24)31)20-30-17-15-29(16-18-30)14-13-22-7-3-5-9-25(22)29/h3-14,19H,2,15-18,20H2,1H3. The lowest BCUT2D eigenvalue weighted by molar-refractivity contribution is 0.0919. The first kappa shape index (κ1) is 19.5. The van der Waals surface area contributed by atoms with Crippen molar-refractivity contribution in [2.75, 3.05) is 13.1 Å². The Labute approximate surface area is 189 Å². The lowest BCUT2D eigenvalue weighted by Crippen LogP contribution is -2.40. The van der Waals surface area contributed by atoms with E-state index in [1.807, 2.05) is 17.6 Å². The molecule has 0 atom stereocenters. The molecule has 0 amide bonds. The Balaban J connectivity index is 1.27. The summed E-state index contributed by atoms with van der Waals surface area (Å²) in [6.07, 6.45) is 7.61. The van der Waals surface area contributed by atoms with Crippen LogP contribution in [-0.2, 0) is 12.0 Å². The molecule has 1 aliphatic heterocycles. The largest absolute Gasteiger partial charge is 0.299 e. The third-order valence-corrected chi connectivity index (χ3v) is 7.52. The molecule has 0 unspecified atom stereocenters. The van der Waals surface area contributed by atoms with E-state index in [0.29, 0.717) is 6.42 Å². The number of para-hydroxylation sites is 1. The lowest BCUT2D eigenvalue weighted by atomic mass is 9.74. The molecule has 6 rings (SSSR count).